The first-order valence-electron chi connectivity index (χ1n) is 4.73. The third kappa shape index (κ3) is 2.32. The van der Waals surface area contributed by atoms with Crippen LogP contribution in [0.25, 0.3) is 11.8 Å². The molecule has 0 saturated heterocycles. The van der Waals surface area contributed by atoms with Gasteiger partial charge in [-0.05, 0) is 23.8 Å². The van der Waals surface area contributed by atoms with Gasteiger partial charge in [0.2, 0.25) is 0 Å². The first-order valence-corrected chi connectivity index (χ1v) is 4.73. The molecule has 0 unspecified atom stereocenters. The van der Waals surface area contributed by atoms with Crippen molar-refractivity contribution in [1.29, 1.82) is 0 Å². The molecule has 0 spiro atoms. The lowest BCUT2D eigenvalue weighted by Gasteiger charge is -2.00. The number of aromatic nitrogens is 3. The minimum atomic E-state index is -0.579. The van der Waals surface area contributed by atoms with Gasteiger partial charge in [0.25, 0.3) is 0 Å². The van der Waals surface area contributed by atoms with Crippen molar-refractivity contribution >= 4 is 6.08 Å². The van der Waals surface area contributed by atoms with E-state index in [1.165, 1.54) is 6.08 Å². The molecular weight excluding hydrogens is 209 g/mol. The van der Waals surface area contributed by atoms with Gasteiger partial charge in [0.15, 0.2) is 0 Å². The van der Waals surface area contributed by atoms with Crippen molar-refractivity contribution in [3.63, 3.8) is 0 Å². The van der Waals surface area contributed by atoms with Gasteiger partial charge in [0.1, 0.15) is 5.83 Å². The highest BCUT2D eigenvalue weighted by Gasteiger charge is 1.97. The van der Waals surface area contributed by atoms with E-state index >= 15 is 0 Å². The Labute approximate surface area is 91.6 Å². The van der Waals surface area contributed by atoms with Gasteiger partial charge < -0.3 is 5.11 Å². The van der Waals surface area contributed by atoms with Gasteiger partial charge in [-0.15, -0.1) is 5.10 Å². The highest BCUT2D eigenvalue weighted by Crippen LogP contribution is 2.11. The summed E-state index contributed by atoms with van der Waals surface area (Å²) in [6, 6.07) is 7.08. The van der Waals surface area contributed by atoms with Gasteiger partial charge in [-0.25, -0.2) is 9.07 Å². The maximum atomic E-state index is 12.8. The zero-order chi connectivity index (χ0) is 11.4. The Kier molecular flexibility index (Phi) is 3.07. The second-order valence-corrected chi connectivity index (χ2v) is 3.19. The van der Waals surface area contributed by atoms with Crippen LogP contribution in [0.1, 0.15) is 5.56 Å². The molecule has 0 saturated carbocycles. The van der Waals surface area contributed by atoms with Crippen LogP contribution in [0.4, 0.5) is 4.39 Å². The van der Waals surface area contributed by atoms with E-state index in [2.05, 4.69) is 10.3 Å². The van der Waals surface area contributed by atoms with E-state index in [1.807, 2.05) is 0 Å². The molecule has 2 rings (SSSR count). The number of hydrogen-bond donors (Lipinski definition) is 1. The van der Waals surface area contributed by atoms with Crippen LogP contribution in [-0.2, 0) is 0 Å². The van der Waals surface area contributed by atoms with Crippen molar-refractivity contribution in [2.45, 2.75) is 0 Å². The minimum absolute atomic E-state index is 0.562. The van der Waals surface area contributed by atoms with Crippen molar-refractivity contribution in [3.05, 3.63) is 48.0 Å². The van der Waals surface area contributed by atoms with Gasteiger partial charge in [0.05, 0.1) is 24.7 Å². The average Bonchev–Trinajstić information content (AvgIpc) is 2.83. The number of rotatable bonds is 3. The molecule has 82 valence electrons. The number of aliphatic hydroxyl groups excluding tert-OH is 1. The average molecular weight is 219 g/mol. The molecule has 0 radical (unpaired) electrons. The fraction of sp³-hybridized carbons (Fsp3) is 0.0909. The molecule has 0 bridgehead atoms. The highest BCUT2D eigenvalue weighted by atomic mass is 19.1. The Morgan fingerprint density at radius 3 is 2.69 bits per heavy atom. The number of aliphatic hydroxyl groups is 1. The zero-order valence-corrected chi connectivity index (χ0v) is 8.42. The third-order valence-electron chi connectivity index (χ3n) is 2.05. The number of benzene rings is 1. The van der Waals surface area contributed by atoms with Gasteiger partial charge in [-0.3, -0.25) is 0 Å². The molecule has 0 amide bonds. The second-order valence-electron chi connectivity index (χ2n) is 3.19. The van der Waals surface area contributed by atoms with Gasteiger partial charge in [0, 0.05) is 0 Å². The Balaban J connectivity index is 2.23. The van der Waals surface area contributed by atoms with Crippen LogP contribution >= 0.6 is 0 Å². The van der Waals surface area contributed by atoms with Crippen LogP contribution in [0, 0.1) is 0 Å². The van der Waals surface area contributed by atoms with Crippen molar-refractivity contribution in [2.75, 3.05) is 6.61 Å². The zero-order valence-electron chi connectivity index (χ0n) is 8.42. The highest BCUT2D eigenvalue weighted by molar-refractivity contribution is 5.53. The van der Waals surface area contributed by atoms with E-state index in [4.69, 9.17) is 5.11 Å². The van der Waals surface area contributed by atoms with Crippen LogP contribution in [0.15, 0.2) is 42.5 Å². The van der Waals surface area contributed by atoms with Crippen LogP contribution in [0.2, 0.25) is 0 Å². The third-order valence-corrected chi connectivity index (χ3v) is 2.05. The normalized spacial score (nSPS) is 11.8. The lowest BCUT2D eigenvalue weighted by Crippen LogP contribution is -1.94. The van der Waals surface area contributed by atoms with Crippen LogP contribution in [-0.4, -0.2) is 26.7 Å². The first-order chi connectivity index (χ1) is 7.79. The summed E-state index contributed by atoms with van der Waals surface area (Å²) in [6.45, 7) is -0.579. The Morgan fingerprint density at radius 2 is 2.12 bits per heavy atom. The fourth-order valence-corrected chi connectivity index (χ4v) is 1.30. The summed E-state index contributed by atoms with van der Waals surface area (Å²) in [7, 11) is 0. The van der Waals surface area contributed by atoms with E-state index in [0.29, 0.717) is 5.56 Å². The van der Waals surface area contributed by atoms with E-state index in [9.17, 15) is 4.39 Å². The van der Waals surface area contributed by atoms with Crippen molar-refractivity contribution < 1.29 is 9.50 Å². The Hall–Kier alpha value is -2.01. The SMILES string of the molecule is OC/C(F)=C\c1ccc(-n2ccnn2)cc1. The van der Waals surface area contributed by atoms with E-state index in [-0.39, 0.29) is 0 Å². The summed E-state index contributed by atoms with van der Waals surface area (Å²) in [4.78, 5) is 0. The number of hydrogen-bond acceptors (Lipinski definition) is 3. The van der Waals surface area contributed by atoms with Gasteiger partial charge in [-0.1, -0.05) is 17.3 Å². The summed E-state index contributed by atoms with van der Waals surface area (Å²) >= 11 is 0. The number of halogens is 1. The van der Waals surface area contributed by atoms with Gasteiger partial charge in [-0.2, -0.15) is 0 Å². The maximum Gasteiger partial charge on any atom is 0.126 e. The molecule has 0 aliphatic heterocycles. The van der Waals surface area contributed by atoms with Crippen molar-refractivity contribution in [1.82, 2.24) is 15.0 Å². The Morgan fingerprint density at radius 1 is 1.38 bits per heavy atom. The minimum Gasteiger partial charge on any atom is -0.389 e. The summed E-state index contributed by atoms with van der Waals surface area (Å²) < 4.78 is 14.4. The molecule has 1 aromatic carbocycles. The molecule has 2 aromatic rings. The smallest absolute Gasteiger partial charge is 0.126 e. The fourth-order valence-electron chi connectivity index (χ4n) is 1.30. The summed E-state index contributed by atoms with van der Waals surface area (Å²) in [5.41, 5.74) is 1.54. The molecule has 0 aliphatic rings. The Bertz CT molecular complexity index is 476. The maximum absolute atomic E-state index is 12.8. The van der Waals surface area contributed by atoms with Crippen LogP contribution in [0.3, 0.4) is 0 Å². The summed E-state index contributed by atoms with van der Waals surface area (Å²) in [5, 5.41) is 16.1. The van der Waals surface area contributed by atoms with Crippen molar-refractivity contribution in [2.24, 2.45) is 0 Å². The molecule has 1 aromatic heterocycles. The topological polar surface area (TPSA) is 50.9 Å². The number of nitrogens with zero attached hydrogens (tertiary/aromatic N) is 3. The van der Waals surface area contributed by atoms with E-state index in [0.717, 1.165) is 5.69 Å². The molecule has 0 aliphatic carbocycles. The molecule has 0 fully saturated rings. The lowest BCUT2D eigenvalue weighted by atomic mass is 10.2. The monoisotopic (exact) mass is 219 g/mol. The molecule has 1 N–H and O–H groups in total. The molecule has 1 heterocycles. The largest absolute Gasteiger partial charge is 0.389 e. The van der Waals surface area contributed by atoms with Crippen LogP contribution < -0.4 is 0 Å². The van der Waals surface area contributed by atoms with Crippen LogP contribution in [0.5, 0.6) is 0 Å². The molecular formula is C11H10FN3O. The summed E-state index contributed by atoms with van der Waals surface area (Å²) in [5.74, 6) is -0.562. The van der Waals surface area contributed by atoms with Gasteiger partial charge >= 0.3 is 0 Å². The molecule has 5 heteroatoms. The predicted octanol–water partition coefficient (Wildman–Crippen LogP) is 1.57. The molecule has 4 nitrogen and oxygen atoms in total. The molecule has 0 atom stereocenters. The quantitative estimate of drug-likeness (QED) is 0.852. The molecule has 16 heavy (non-hydrogen) atoms. The van der Waals surface area contributed by atoms with E-state index in [1.54, 1.807) is 41.3 Å². The lowest BCUT2D eigenvalue weighted by molar-refractivity contribution is 0.300. The second kappa shape index (κ2) is 4.67. The first kappa shape index (κ1) is 10.5. The van der Waals surface area contributed by atoms with Crippen molar-refractivity contribution in [3.8, 4) is 5.69 Å². The standard InChI is InChI=1S/C11H10FN3O/c12-10(8-16)7-9-1-3-11(4-2-9)15-6-5-13-14-15/h1-7,16H,8H2/b10-7+. The predicted molar refractivity (Wildman–Crippen MR) is 57.5 cm³/mol. The van der Waals surface area contributed by atoms with E-state index < -0.39 is 12.4 Å². The summed E-state index contributed by atoms with van der Waals surface area (Å²) in [6.07, 6.45) is 4.59.